The Labute approximate surface area is 124 Å². The number of aromatic carboxylic acids is 1. The number of aryl methyl sites for hydroxylation is 1. The van der Waals surface area contributed by atoms with Gasteiger partial charge in [0, 0.05) is 19.8 Å². The summed E-state index contributed by atoms with van der Waals surface area (Å²) in [7, 11) is 0. The van der Waals surface area contributed by atoms with Gasteiger partial charge in [0.15, 0.2) is 0 Å². The smallest absolute Gasteiger partial charge is 0.339 e. The van der Waals surface area contributed by atoms with Crippen LogP contribution in [0.3, 0.4) is 0 Å². The second-order valence-corrected chi connectivity index (χ2v) is 6.09. The molecule has 2 aliphatic heterocycles. The summed E-state index contributed by atoms with van der Waals surface area (Å²) in [6, 6.07) is 0.212. The lowest BCUT2D eigenvalue weighted by atomic mass is 9.84. The first kappa shape index (κ1) is 14.5. The number of carboxylic acids is 1. The van der Waals surface area contributed by atoms with Gasteiger partial charge in [-0.25, -0.2) is 4.79 Å². The lowest BCUT2D eigenvalue weighted by Crippen LogP contribution is -2.45. The highest BCUT2D eigenvalue weighted by atomic mass is 16.5. The molecule has 116 valence electrons. The molecule has 1 unspecified atom stereocenters. The molecule has 2 aliphatic rings. The minimum Gasteiger partial charge on any atom is -0.478 e. The largest absolute Gasteiger partial charge is 0.478 e. The number of carbonyl (C=O) groups is 1. The number of ether oxygens (including phenoxy) is 2. The van der Waals surface area contributed by atoms with Crippen molar-refractivity contribution in [1.29, 1.82) is 0 Å². The third-order valence-electron chi connectivity index (χ3n) is 4.76. The molecule has 0 bridgehead atoms. The van der Waals surface area contributed by atoms with Crippen molar-refractivity contribution in [3.63, 3.8) is 0 Å². The maximum absolute atomic E-state index is 11.3. The summed E-state index contributed by atoms with van der Waals surface area (Å²) in [5.74, 6) is -0.899. The van der Waals surface area contributed by atoms with E-state index in [2.05, 4.69) is 5.10 Å². The van der Waals surface area contributed by atoms with Gasteiger partial charge in [-0.15, -0.1) is 0 Å². The first-order chi connectivity index (χ1) is 10.0. The number of hydrogen-bond acceptors (Lipinski definition) is 4. The van der Waals surface area contributed by atoms with Crippen molar-refractivity contribution < 1.29 is 19.4 Å². The minimum absolute atomic E-state index is 0.114. The van der Waals surface area contributed by atoms with Gasteiger partial charge in [0.05, 0.1) is 23.0 Å². The zero-order valence-corrected chi connectivity index (χ0v) is 12.6. The molecular weight excluding hydrogens is 272 g/mol. The van der Waals surface area contributed by atoms with Crippen molar-refractivity contribution in [3.8, 4) is 0 Å². The molecule has 6 heteroatoms. The summed E-state index contributed by atoms with van der Waals surface area (Å²) in [4.78, 5) is 11.3. The van der Waals surface area contributed by atoms with Crippen molar-refractivity contribution in [3.05, 3.63) is 17.0 Å². The van der Waals surface area contributed by atoms with E-state index in [1.54, 1.807) is 6.92 Å². The van der Waals surface area contributed by atoms with Crippen molar-refractivity contribution >= 4 is 5.97 Å². The molecule has 0 radical (unpaired) electrons. The highest BCUT2D eigenvalue weighted by Gasteiger charge is 2.40. The summed E-state index contributed by atoms with van der Waals surface area (Å²) in [5, 5.41) is 13.8. The maximum Gasteiger partial charge on any atom is 0.339 e. The van der Waals surface area contributed by atoms with Crippen LogP contribution in [0.15, 0.2) is 0 Å². The molecule has 2 fully saturated rings. The van der Waals surface area contributed by atoms with Gasteiger partial charge in [-0.3, -0.25) is 4.68 Å². The van der Waals surface area contributed by atoms with Gasteiger partial charge in [-0.05, 0) is 39.5 Å². The fourth-order valence-corrected chi connectivity index (χ4v) is 3.63. The van der Waals surface area contributed by atoms with E-state index in [1.807, 2.05) is 11.6 Å². The van der Waals surface area contributed by atoms with E-state index in [0.717, 1.165) is 44.6 Å². The molecule has 2 saturated heterocycles. The second kappa shape index (κ2) is 5.42. The highest BCUT2D eigenvalue weighted by molar-refractivity contribution is 5.90. The van der Waals surface area contributed by atoms with Crippen LogP contribution in [-0.4, -0.2) is 46.3 Å². The lowest BCUT2D eigenvalue weighted by Gasteiger charge is -2.43. The van der Waals surface area contributed by atoms with Crippen molar-refractivity contribution in [1.82, 2.24) is 9.78 Å². The van der Waals surface area contributed by atoms with Crippen LogP contribution in [-0.2, 0) is 9.47 Å². The van der Waals surface area contributed by atoms with E-state index in [9.17, 15) is 9.90 Å². The Morgan fingerprint density at radius 3 is 2.67 bits per heavy atom. The number of hydrogen-bond donors (Lipinski definition) is 1. The maximum atomic E-state index is 11.3. The molecule has 0 saturated carbocycles. The van der Waals surface area contributed by atoms with E-state index in [4.69, 9.17) is 9.47 Å². The standard InChI is InChI=1S/C15H22N2O4/c1-10-13(14(18)19)11(2)17(16-10)12-3-6-21-15(9-12)4-7-20-8-5-15/h12H,3-9H2,1-2H3,(H,18,19). The molecule has 0 aromatic carbocycles. The number of aromatic nitrogens is 2. The SMILES string of the molecule is Cc1nn(C2CCOC3(CCOCC3)C2)c(C)c1C(=O)O. The summed E-state index contributed by atoms with van der Waals surface area (Å²) in [5.41, 5.74) is 1.56. The van der Waals surface area contributed by atoms with Crippen LogP contribution >= 0.6 is 0 Å². The first-order valence-electron chi connectivity index (χ1n) is 7.53. The lowest BCUT2D eigenvalue weighted by molar-refractivity contribution is -0.145. The fourth-order valence-electron chi connectivity index (χ4n) is 3.63. The Kier molecular flexibility index (Phi) is 3.75. The summed E-state index contributed by atoms with van der Waals surface area (Å²) in [6.45, 7) is 5.78. The average Bonchev–Trinajstić information content (AvgIpc) is 2.75. The average molecular weight is 294 g/mol. The van der Waals surface area contributed by atoms with E-state index in [1.165, 1.54) is 0 Å². The highest BCUT2D eigenvalue weighted by Crippen LogP contribution is 2.39. The van der Waals surface area contributed by atoms with E-state index in [-0.39, 0.29) is 11.6 Å². The van der Waals surface area contributed by atoms with Crippen LogP contribution < -0.4 is 0 Å². The minimum atomic E-state index is -0.899. The summed E-state index contributed by atoms with van der Waals surface area (Å²) >= 11 is 0. The van der Waals surface area contributed by atoms with Gasteiger partial charge in [0.2, 0.25) is 0 Å². The van der Waals surface area contributed by atoms with Crippen LogP contribution in [0, 0.1) is 13.8 Å². The molecule has 3 rings (SSSR count). The predicted molar refractivity (Wildman–Crippen MR) is 75.7 cm³/mol. The number of carboxylic acid groups (broad SMARTS) is 1. The van der Waals surface area contributed by atoms with Gasteiger partial charge in [0.25, 0.3) is 0 Å². The van der Waals surface area contributed by atoms with Crippen molar-refractivity contribution in [2.75, 3.05) is 19.8 Å². The Bertz CT molecular complexity index is 541. The number of rotatable bonds is 2. The molecule has 1 aromatic heterocycles. The second-order valence-electron chi connectivity index (χ2n) is 6.09. The molecule has 0 amide bonds. The van der Waals surface area contributed by atoms with Gasteiger partial charge < -0.3 is 14.6 Å². The first-order valence-corrected chi connectivity index (χ1v) is 7.53. The zero-order valence-electron chi connectivity index (χ0n) is 12.6. The monoisotopic (exact) mass is 294 g/mol. The molecular formula is C15H22N2O4. The number of nitrogens with zero attached hydrogens (tertiary/aromatic N) is 2. The van der Waals surface area contributed by atoms with E-state index < -0.39 is 5.97 Å². The van der Waals surface area contributed by atoms with Gasteiger partial charge in [-0.2, -0.15) is 5.10 Å². The van der Waals surface area contributed by atoms with Crippen molar-refractivity contribution in [2.24, 2.45) is 0 Å². The Morgan fingerprint density at radius 1 is 1.33 bits per heavy atom. The van der Waals surface area contributed by atoms with Gasteiger partial charge in [0.1, 0.15) is 5.56 Å². The molecule has 0 aliphatic carbocycles. The molecule has 1 aromatic rings. The Hall–Kier alpha value is -1.40. The molecule has 3 heterocycles. The Balaban J connectivity index is 1.87. The molecule has 21 heavy (non-hydrogen) atoms. The van der Waals surface area contributed by atoms with Crippen LogP contribution in [0.2, 0.25) is 0 Å². The molecule has 1 N–H and O–H groups in total. The topological polar surface area (TPSA) is 73.6 Å². The van der Waals surface area contributed by atoms with Gasteiger partial charge in [-0.1, -0.05) is 0 Å². The fraction of sp³-hybridized carbons (Fsp3) is 0.733. The molecule has 1 atom stereocenters. The van der Waals surface area contributed by atoms with E-state index >= 15 is 0 Å². The van der Waals surface area contributed by atoms with Crippen LogP contribution in [0.5, 0.6) is 0 Å². The normalized spacial score (nSPS) is 25.1. The van der Waals surface area contributed by atoms with Crippen molar-refractivity contribution in [2.45, 2.75) is 51.2 Å². The summed E-state index contributed by atoms with van der Waals surface area (Å²) < 4.78 is 13.4. The summed E-state index contributed by atoms with van der Waals surface area (Å²) in [6.07, 6.45) is 3.59. The molecule has 1 spiro atoms. The van der Waals surface area contributed by atoms with Crippen LogP contribution in [0.4, 0.5) is 0 Å². The van der Waals surface area contributed by atoms with Crippen LogP contribution in [0.1, 0.15) is 53.5 Å². The van der Waals surface area contributed by atoms with Gasteiger partial charge >= 0.3 is 5.97 Å². The van der Waals surface area contributed by atoms with Crippen LogP contribution in [0.25, 0.3) is 0 Å². The molecule has 6 nitrogen and oxygen atoms in total. The third-order valence-corrected chi connectivity index (χ3v) is 4.76. The quantitative estimate of drug-likeness (QED) is 0.904. The zero-order chi connectivity index (χ0) is 15.0. The predicted octanol–water partition coefficient (Wildman–Crippen LogP) is 2.10. The third kappa shape index (κ3) is 2.58. The Morgan fingerprint density at radius 2 is 2.05 bits per heavy atom. The van der Waals surface area contributed by atoms with E-state index in [0.29, 0.717) is 17.9 Å².